The Morgan fingerprint density at radius 2 is 1.90 bits per heavy atom. The normalized spacial score (nSPS) is 19.9. The molecule has 0 saturated carbocycles. The SMILES string of the molecule is CC(O)(CN)CCCN1CCN(c2ncccn2)CC1. The third kappa shape index (κ3) is 4.40. The van der Waals surface area contributed by atoms with E-state index in [0.29, 0.717) is 6.54 Å². The second-order valence-corrected chi connectivity index (χ2v) is 5.68. The van der Waals surface area contributed by atoms with Crippen molar-refractivity contribution >= 4 is 5.95 Å². The van der Waals surface area contributed by atoms with Crippen LogP contribution >= 0.6 is 0 Å². The molecule has 0 bridgehead atoms. The van der Waals surface area contributed by atoms with E-state index in [0.717, 1.165) is 51.5 Å². The quantitative estimate of drug-likeness (QED) is 0.768. The smallest absolute Gasteiger partial charge is 0.225 e. The molecular formula is C14H25N5O. The molecule has 112 valence electrons. The Morgan fingerprint density at radius 1 is 1.25 bits per heavy atom. The van der Waals surface area contributed by atoms with Crippen molar-refractivity contribution in [3.63, 3.8) is 0 Å². The Hall–Kier alpha value is -1.24. The lowest BCUT2D eigenvalue weighted by Crippen LogP contribution is -2.47. The van der Waals surface area contributed by atoms with Crippen LogP contribution in [0.2, 0.25) is 0 Å². The van der Waals surface area contributed by atoms with Gasteiger partial charge in [0.2, 0.25) is 5.95 Å². The van der Waals surface area contributed by atoms with Crippen LogP contribution in [-0.4, -0.2) is 64.8 Å². The van der Waals surface area contributed by atoms with E-state index < -0.39 is 5.60 Å². The molecule has 0 aromatic carbocycles. The fourth-order valence-electron chi connectivity index (χ4n) is 2.41. The van der Waals surface area contributed by atoms with Gasteiger partial charge in [-0.25, -0.2) is 9.97 Å². The van der Waals surface area contributed by atoms with Crippen LogP contribution < -0.4 is 10.6 Å². The van der Waals surface area contributed by atoms with Gasteiger partial charge in [0.15, 0.2) is 0 Å². The third-order valence-electron chi connectivity index (χ3n) is 3.84. The van der Waals surface area contributed by atoms with Gasteiger partial charge in [-0.3, -0.25) is 4.90 Å². The molecule has 1 aromatic rings. The standard InChI is InChI=1S/C14H25N5O/c1-14(20,12-15)4-2-7-18-8-10-19(11-9-18)13-16-5-3-6-17-13/h3,5-6,20H,2,4,7-12,15H2,1H3. The van der Waals surface area contributed by atoms with Crippen molar-refractivity contribution < 1.29 is 5.11 Å². The van der Waals surface area contributed by atoms with Crippen LogP contribution in [0.15, 0.2) is 18.5 Å². The van der Waals surface area contributed by atoms with Gasteiger partial charge in [0.05, 0.1) is 5.60 Å². The van der Waals surface area contributed by atoms with E-state index in [4.69, 9.17) is 5.73 Å². The van der Waals surface area contributed by atoms with E-state index in [1.807, 2.05) is 6.07 Å². The second kappa shape index (κ2) is 6.97. The highest BCUT2D eigenvalue weighted by Gasteiger charge is 2.21. The summed E-state index contributed by atoms with van der Waals surface area (Å²) in [6, 6.07) is 1.84. The zero-order valence-electron chi connectivity index (χ0n) is 12.2. The molecule has 1 aliphatic heterocycles. The minimum atomic E-state index is -0.723. The zero-order valence-corrected chi connectivity index (χ0v) is 12.2. The Labute approximate surface area is 120 Å². The van der Waals surface area contributed by atoms with Crippen molar-refractivity contribution in [2.45, 2.75) is 25.4 Å². The van der Waals surface area contributed by atoms with E-state index in [9.17, 15) is 5.11 Å². The van der Waals surface area contributed by atoms with Crippen LogP contribution in [0.3, 0.4) is 0 Å². The molecule has 0 radical (unpaired) electrons. The van der Waals surface area contributed by atoms with Gasteiger partial charge in [-0.05, 0) is 32.4 Å². The van der Waals surface area contributed by atoms with E-state index in [-0.39, 0.29) is 0 Å². The summed E-state index contributed by atoms with van der Waals surface area (Å²) < 4.78 is 0. The van der Waals surface area contributed by atoms with Crippen LogP contribution in [0.25, 0.3) is 0 Å². The van der Waals surface area contributed by atoms with Gasteiger partial charge >= 0.3 is 0 Å². The number of nitrogens with zero attached hydrogens (tertiary/aromatic N) is 4. The molecule has 1 fully saturated rings. The molecule has 6 nitrogen and oxygen atoms in total. The van der Waals surface area contributed by atoms with E-state index in [1.165, 1.54) is 0 Å². The fraction of sp³-hybridized carbons (Fsp3) is 0.714. The summed E-state index contributed by atoms with van der Waals surface area (Å²) in [5.74, 6) is 0.818. The first kappa shape index (κ1) is 15.2. The molecule has 0 spiro atoms. The van der Waals surface area contributed by atoms with Crippen molar-refractivity contribution in [1.82, 2.24) is 14.9 Å². The highest BCUT2D eigenvalue weighted by atomic mass is 16.3. The summed E-state index contributed by atoms with van der Waals surface area (Å²) in [4.78, 5) is 13.2. The number of piperazine rings is 1. The van der Waals surface area contributed by atoms with Gasteiger partial charge in [0, 0.05) is 45.1 Å². The molecule has 1 aromatic heterocycles. The first-order valence-electron chi connectivity index (χ1n) is 7.27. The summed E-state index contributed by atoms with van der Waals surface area (Å²) in [5, 5.41) is 9.88. The van der Waals surface area contributed by atoms with Gasteiger partial charge in [-0.15, -0.1) is 0 Å². The number of hydrogen-bond donors (Lipinski definition) is 2. The molecule has 0 amide bonds. The molecular weight excluding hydrogens is 254 g/mol. The maximum Gasteiger partial charge on any atom is 0.225 e. The molecule has 1 aliphatic rings. The highest BCUT2D eigenvalue weighted by molar-refractivity contribution is 5.29. The molecule has 0 aliphatic carbocycles. The Morgan fingerprint density at radius 3 is 2.50 bits per heavy atom. The first-order chi connectivity index (χ1) is 9.61. The van der Waals surface area contributed by atoms with Crippen LogP contribution in [0.1, 0.15) is 19.8 Å². The topological polar surface area (TPSA) is 78.5 Å². The molecule has 20 heavy (non-hydrogen) atoms. The number of nitrogens with two attached hydrogens (primary N) is 1. The maximum absolute atomic E-state index is 9.88. The van der Waals surface area contributed by atoms with Gasteiger partial charge < -0.3 is 15.7 Å². The lowest BCUT2D eigenvalue weighted by atomic mass is 10.0. The van der Waals surface area contributed by atoms with Crippen LogP contribution in [-0.2, 0) is 0 Å². The maximum atomic E-state index is 9.88. The summed E-state index contributed by atoms with van der Waals surface area (Å²) in [7, 11) is 0. The van der Waals surface area contributed by atoms with Crippen molar-refractivity contribution in [1.29, 1.82) is 0 Å². The van der Waals surface area contributed by atoms with Gasteiger partial charge in [0.1, 0.15) is 0 Å². The van der Waals surface area contributed by atoms with E-state index >= 15 is 0 Å². The molecule has 2 rings (SSSR count). The minimum absolute atomic E-state index is 0.326. The number of hydrogen-bond acceptors (Lipinski definition) is 6. The highest BCUT2D eigenvalue weighted by Crippen LogP contribution is 2.13. The van der Waals surface area contributed by atoms with Gasteiger partial charge in [-0.2, -0.15) is 0 Å². The summed E-state index contributed by atoms with van der Waals surface area (Å²) in [5.41, 5.74) is 4.80. The lowest BCUT2D eigenvalue weighted by molar-refractivity contribution is 0.0541. The molecule has 1 saturated heterocycles. The Kier molecular flexibility index (Phi) is 5.28. The van der Waals surface area contributed by atoms with Crippen molar-refractivity contribution in [3.8, 4) is 0 Å². The average Bonchev–Trinajstić information content (AvgIpc) is 2.49. The molecule has 2 heterocycles. The Balaban J connectivity index is 1.70. The predicted molar refractivity (Wildman–Crippen MR) is 79.6 cm³/mol. The first-order valence-corrected chi connectivity index (χ1v) is 7.27. The molecule has 3 N–H and O–H groups in total. The zero-order chi connectivity index (χ0) is 14.4. The van der Waals surface area contributed by atoms with Crippen molar-refractivity contribution in [2.75, 3.05) is 44.2 Å². The summed E-state index contributed by atoms with van der Waals surface area (Å²) in [6.07, 6.45) is 5.30. The van der Waals surface area contributed by atoms with E-state index in [2.05, 4.69) is 19.8 Å². The van der Waals surface area contributed by atoms with Crippen LogP contribution in [0.5, 0.6) is 0 Å². The predicted octanol–water partition coefficient (Wildman–Crippen LogP) is 0.0885. The van der Waals surface area contributed by atoms with E-state index in [1.54, 1.807) is 19.3 Å². The monoisotopic (exact) mass is 279 g/mol. The van der Waals surface area contributed by atoms with Crippen LogP contribution in [0, 0.1) is 0 Å². The minimum Gasteiger partial charge on any atom is -0.389 e. The summed E-state index contributed by atoms with van der Waals surface area (Å²) >= 11 is 0. The molecule has 1 unspecified atom stereocenters. The third-order valence-corrected chi connectivity index (χ3v) is 3.84. The fourth-order valence-corrected chi connectivity index (χ4v) is 2.41. The van der Waals surface area contributed by atoms with Crippen molar-refractivity contribution in [3.05, 3.63) is 18.5 Å². The Bertz CT molecular complexity index is 390. The number of rotatable bonds is 6. The molecule has 6 heteroatoms. The summed E-state index contributed by atoms with van der Waals surface area (Å²) in [6.45, 7) is 7.09. The number of aliphatic hydroxyl groups is 1. The van der Waals surface area contributed by atoms with Gasteiger partial charge in [-0.1, -0.05) is 0 Å². The number of aromatic nitrogens is 2. The number of anilines is 1. The second-order valence-electron chi connectivity index (χ2n) is 5.68. The molecule has 1 atom stereocenters. The van der Waals surface area contributed by atoms with Crippen LogP contribution in [0.4, 0.5) is 5.95 Å². The van der Waals surface area contributed by atoms with Crippen molar-refractivity contribution in [2.24, 2.45) is 5.73 Å². The van der Waals surface area contributed by atoms with Gasteiger partial charge in [0.25, 0.3) is 0 Å². The largest absolute Gasteiger partial charge is 0.389 e. The lowest BCUT2D eigenvalue weighted by Gasteiger charge is -2.35. The average molecular weight is 279 g/mol.